The second-order valence-electron chi connectivity index (χ2n) is 5.82. The molecule has 0 amide bonds. The molecule has 2 fully saturated rings. The van der Waals surface area contributed by atoms with Crippen LogP contribution in [0.3, 0.4) is 0 Å². The molecule has 4 nitrogen and oxygen atoms in total. The molecule has 2 heterocycles. The zero-order valence-corrected chi connectivity index (χ0v) is 11.2. The first-order valence-electron chi connectivity index (χ1n) is 6.88. The average molecular weight is 260 g/mol. The summed E-state index contributed by atoms with van der Waals surface area (Å²) in [5.41, 5.74) is 2.61. The molecule has 2 N–H and O–H groups in total. The van der Waals surface area contributed by atoms with Crippen molar-refractivity contribution in [2.24, 2.45) is 5.92 Å². The van der Waals surface area contributed by atoms with E-state index in [0.717, 1.165) is 13.1 Å². The van der Waals surface area contributed by atoms with Crippen molar-refractivity contribution < 1.29 is 9.90 Å². The van der Waals surface area contributed by atoms with E-state index in [-0.39, 0.29) is 12.0 Å². The van der Waals surface area contributed by atoms with Crippen LogP contribution < -0.4 is 5.32 Å². The fraction of sp³-hybridized carbons (Fsp3) is 0.533. The van der Waals surface area contributed by atoms with Crippen molar-refractivity contribution in [3.05, 3.63) is 35.4 Å². The van der Waals surface area contributed by atoms with Crippen molar-refractivity contribution in [3.63, 3.8) is 0 Å². The van der Waals surface area contributed by atoms with Gasteiger partial charge in [0.15, 0.2) is 0 Å². The second kappa shape index (κ2) is 4.94. The molecule has 2 saturated heterocycles. The average Bonchev–Trinajstić information content (AvgIpc) is 2.85. The van der Waals surface area contributed by atoms with Gasteiger partial charge in [-0.05, 0) is 24.6 Å². The third kappa shape index (κ3) is 2.51. The molecule has 2 aliphatic rings. The summed E-state index contributed by atoms with van der Waals surface area (Å²) < 4.78 is 0. The van der Waals surface area contributed by atoms with Gasteiger partial charge in [0.25, 0.3) is 0 Å². The van der Waals surface area contributed by atoms with Gasteiger partial charge in [0.2, 0.25) is 0 Å². The van der Waals surface area contributed by atoms with Crippen molar-refractivity contribution in [2.45, 2.75) is 18.4 Å². The summed E-state index contributed by atoms with van der Waals surface area (Å²) in [4.78, 5) is 13.3. The van der Waals surface area contributed by atoms with Crippen LogP contribution in [0.25, 0.3) is 0 Å². The Morgan fingerprint density at radius 1 is 1.26 bits per heavy atom. The SMILES string of the molecule is CN1CC(c2ccc(C3CC(C(=O)O)CN3)cc2)C1. The number of carboxylic acid groups (broad SMARTS) is 1. The smallest absolute Gasteiger partial charge is 0.307 e. The fourth-order valence-electron chi connectivity index (χ4n) is 3.09. The van der Waals surface area contributed by atoms with Crippen LogP contribution in [0.1, 0.15) is 29.5 Å². The van der Waals surface area contributed by atoms with E-state index < -0.39 is 5.97 Å². The fourth-order valence-corrected chi connectivity index (χ4v) is 3.09. The van der Waals surface area contributed by atoms with Crippen LogP contribution in [0.2, 0.25) is 0 Å². The zero-order chi connectivity index (χ0) is 13.4. The van der Waals surface area contributed by atoms with E-state index in [1.807, 2.05) is 0 Å². The predicted octanol–water partition coefficient (Wildman–Crippen LogP) is 1.45. The molecule has 0 aliphatic carbocycles. The Kier molecular flexibility index (Phi) is 3.29. The highest BCUT2D eigenvalue weighted by molar-refractivity contribution is 5.70. The molecule has 2 aliphatic heterocycles. The molecule has 0 spiro atoms. The van der Waals surface area contributed by atoms with Crippen molar-refractivity contribution in [2.75, 3.05) is 26.7 Å². The molecule has 2 unspecified atom stereocenters. The van der Waals surface area contributed by atoms with E-state index in [2.05, 4.69) is 41.5 Å². The van der Waals surface area contributed by atoms with Gasteiger partial charge in [0, 0.05) is 31.6 Å². The molecule has 19 heavy (non-hydrogen) atoms. The van der Waals surface area contributed by atoms with Gasteiger partial charge >= 0.3 is 5.97 Å². The lowest BCUT2D eigenvalue weighted by Gasteiger charge is -2.36. The van der Waals surface area contributed by atoms with E-state index in [4.69, 9.17) is 5.11 Å². The van der Waals surface area contributed by atoms with Crippen molar-refractivity contribution >= 4 is 5.97 Å². The van der Waals surface area contributed by atoms with Gasteiger partial charge < -0.3 is 15.3 Å². The molecule has 0 radical (unpaired) electrons. The number of carbonyl (C=O) groups is 1. The molecule has 1 aromatic carbocycles. The summed E-state index contributed by atoms with van der Waals surface area (Å²) in [5, 5.41) is 12.3. The first kappa shape index (κ1) is 12.6. The Morgan fingerprint density at radius 2 is 1.89 bits per heavy atom. The van der Waals surface area contributed by atoms with Crippen LogP contribution in [0.15, 0.2) is 24.3 Å². The number of benzene rings is 1. The Labute approximate surface area is 113 Å². The summed E-state index contributed by atoms with van der Waals surface area (Å²) in [7, 11) is 2.14. The van der Waals surface area contributed by atoms with Gasteiger partial charge in [-0.15, -0.1) is 0 Å². The lowest BCUT2D eigenvalue weighted by atomic mass is 9.90. The van der Waals surface area contributed by atoms with Crippen molar-refractivity contribution in [1.29, 1.82) is 0 Å². The van der Waals surface area contributed by atoms with Gasteiger partial charge in [0.05, 0.1) is 5.92 Å². The van der Waals surface area contributed by atoms with Gasteiger partial charge in [-0.2, -0.15) is 0 Å². The number of nitrogens with zero attached hydrogens (tertiary/aromatic N) is 1. The van der Waals surface area contributed by atoms with Crippen LogP contribution >= 0.6 is 0 Å². The van der Waals surface area contributed by atoms with Gasteiger partial charge in [-0.25, -0.2) is 0 Å². The Morgan fingerprint density at radius 3 is 2.42 bits per heavy atom. The Bertz CT molecular complexity index is 466. The van der Waals surface area contributed by atoms with Crippen LogP contribution in [0.5, 0.6) is 0 Å². The molecule has 2 atom stereocenters. The minimum Gasteiger partial charge on any atom is -0.481 e. The van der Waals surface area contributed by atoms with E-state index >= 15 is 0 Å². The predicted molar refractivity (Wildman–Crippen MR) is 73.2 cm³/mol. The number of nitrogens with one attached hydrogen (secondary N) is 1. The Hall–Kier alpha value is -1.39. The third-order valence-electron chi connectivity index (χ3n) is 4.35. The summed E-state index contributed by atoms with van der Waals surface area (Å²) >= 11 is 0. The maximum absolute atomic E-state index is 11.0. The normalized spacial score (nSPS) is 28.3. The topological polar surface area (TPSA) is 52.6 Å². The van der Waals surface area contributed by atoms with Gasteiger partial charge in [0.1, 0.15) is 0 Å². The minimum absolute atomic E-state index is 0.194. The van der Waals surface area contributed by atoms with Gasteiger partial charge in [-0.3, -0.25) is 4.79 Å². The quantitative estimate of drug-likeness (QED) is 0.863. The van der Waals surface area contributed by atoms with E-state index in [0.29, 0.717) is 18.9 Å². The molecule has 3 rings (SSSR count). The number of likely N-dealkylation sites (tertiary alicyclic amines) is 1. The Balaban J connectivity index is 1.65. The van der Waals surface area contributed by atoms with Crippen molar-refractivity contribution in [3.8, 4) is 0 Å². The molecule has 102 valence electrons. The molecule has 1 aromatic rings. The number of aliphatic carboxylic acids is 1. The lowest BCUT2D eigenvalue weighted by molar-refractivity contribution is -0.141. The van der Waals surface area contributed by atoms with Crippen LogP contribution in [-0.4, -0.2) is 42.7 Å². The molecule has 0 saturated carbocycles. The lowest BCUT2D eigenvalue weighted by Crippen LogP contribution is -2.41. The standard InChI is InChI=1S/C15H20N2O2/c1-17-8-13(9-17)10-2-4-11(5-3-10)14-6-12(7-16-14)15(18)19/h2-5,12-14,16H,6-9H2,1H3,(H,18,19). The second-order valence-corrected chi connectivity index (χ2v) is 5.82. The number of hydrogen-bond donors (Lipinski definition) is 2. The first-order chi connectivity index (χ1) is 9.13. The monoisotopic (exact) mass is 260 g/mol. The van der Waals surface area contributed by atoms with Crippen LogP contribution in [0.4, 0.5) is 0 Å². The number of carboxylic acids is 1. The molecule has 4 heteroatoms. The molecule has 0 bridgehead atoms. The number of rotatable bonds is 3. The van der Waals surface area contributed by atoms with Crippen LogP contribution in [-0.2, 0) is 4.79 Å². The highest BCUT2D eigenvalue weighted by Crippen LogP contribution is 2.30. The summed E-state index contributed by atoms with van der Waals surface area (Å²) in [6.07, 6.45) is 0.695. The highest BCUT2D eigenvalue weighted by Gasteiger charge is 2.30. The van der Waals surface area contributed by atoms with Crippen molar-refractivity contribution in [1.82, 2.24) is 10.2 Å². The molecular weight excluding hydrogens is 240 g/mol. The zero-order valence-electron chi connectivity index (χ0n) is 11.2. The maximum atomic E-state index is 11.0. The third-order valence-corrected chi connectivity index (χ3v) is 4.35. The molecule has 0 aromatic heterocycles. The summed E-state index contributed by atoms with van der Waals surface area (Å²) in [6.45, 7) is 2.86. The number of hydrogen-bond acceptors (Lipinski definition) is 3. The minimum atomic E-state index is -0.691. The largest absolute Gasteiger partial charge is 0.481 e. The van der Waals surface area contributed by atoms with Crippen LogP contribution in [0, 0.1) is 5.92 Å². The first-order valence-corrected chi connectivity index (χ1v) is 6.88. The van der Waals surface area contributed by atoms with Gasteiger partial charge in [-0.1, -0.05) is 24.3 Å². The van der Waals surface area contributed by atoms with E-state index in [9.17, 15) is 4.79 Å². The highest BCUT2D eigenvalue weighted by atomic mass is 16.4. The molecular formula is C15H20N2O2. The summed E-state index contributed by atoms with van der Waals surface area (Å²) in [5.74, 6) is -0.267. The summed E-state index contributed by atoms with van der Waals surface area (Å²) in [6, 6.07) is 8.88. The number of likely N-dealkylation sites (N-methyl/N-ethyl adjacent to an activating group) is 1. The van der Waals surface area contributed by atoms with E-state index in [1.54, 1.807) is 0 Å². The van der Waals surface area contributed by atoms with E-state index in [1.165, 1.54) is 11.1 Å². The maximum Gasteiger partial charge on any atom is 0.307 e.